The Morgan fingerprint density at radius 1 is 0.963 bits per heavy atom. The SMILES string of the molecule is O=C(O)C1CCCCN1C(c1ccc(-c2ccccc2)cc1)c1cccs1. The molecule has 2 aromatic carbocycles. The van der Waals surface area contributed by atoms with Gasteiger partial charge in [-0.05, 0) is 47.5 Å². The van der Waals surface area contributed by atoms with Gasteiger partial charge in [-0.3, -0.25) is 9.69 Å². The standard InChI is InChI=1S/C23H23NO2S/c25-23(26)20-9-4-5-15-24(20)22(21-10-6-16-27-21)19-13-11-18(12-14-19)17-7-2-1-3-8-17/h1-3,6-8,10-14,16,20,22H,4-5,9,15H2,(H,25,26). The normalized spacial score (nSPS) is 18.9. The molecule has 0 spiro atoms. The van der Waals surface area contributed by atoms with Crippen molar-refractivity contribution in [1.82, 2.24) is 4.90 Å². The molecule has 1 fully saturated rings. The summed E-state index contributed by atoms with van der Waals surface area (Å²) in [5, 5.41) is 11.8. The van der Waals surface area contributed by atoms with Crippen LogP contribution in [-0.2, 0) is 4.79 Å². The molecule has 2 atom stereocenters. The Kier molecular flexibility index (Phi) is 5.37. The molecular weight excluding hydrogens is 354 g/mol. The van der Waals surface area contributed by atoms with Crippen molar-refractivity contribution >= 4 is 17.3 Å². The van der Waals surface area contributed by atoms with E-state index in [0.29, 0.717) is 0 Å². The molecule has 3 nitrogen and oxygen atoms in total. The number of rotatable bonds is 5. The molecule has 0 radical (unpaired) electrons. The van der Waals surface area contributed by atoms with Gasteiger partial charge in [0, 0.05) is 4.88 Å². The molecular formula is C23H23NO2S. The van der Waals surface area contributed by atoms with E-state index in [4.69, 9.17) is 0 Å². The molecule has 1 saturated heterocycles. The van der Waals surface area contributed by atoms with Crippen LogP contribution in [0.4, 0.5) is 0 Å². The summed E-state index contributed by atoms with van der Waals surface area (Å²) in [6.45, 7) is 0.819. The van der Waals surface area contributed by atoms with Crippen molar-refractivity contribution in [2.75, 3.05) is 6.54 Å². The van der Waals surface area contributed by atoms with Crippen molar-refractivity contribution in [3.8, 4) is 11.1 Å². The minimum Gasteiger partial charge on any atom is -0.480 e. The minimum absolute atomic E-state index is 0.00350. The second-order valence-electron chi connectivity index (χ2n) is 6.99. The number of hydrogen-bond donors (Lipinski definition) is 1. The number of carboxylic acids is 1. The smallest absolute Gasteiger partial charge is 0.320 e. The Hall–Kier alpha value is -2.43. The van der Waals surface area contributed by atoms with E-state index >= 15 is 0 Å². The summed E-state index contributed by atoms with van der Waals surface area (Å²) >= 11 is 1.70. The fraction of sp³-hybridized carbons (Fsp3) is 0.261. The van der Waals surface area contributed by atoms with Gasteiger partial charge in [0.2, 0.25) is 0 Å². The van der Waals surface area contributed by atoms with Crippen molar-refractivity contribution in [3.63, 3.8) is 0 Å². The summed E-state index contributed by atoms with van der Waals surface area (Å²) < 4.78 is 0. The maximum Gasteiger partial charge on any atom is 0.320 e. The molecule has 0 aliphatic carbocycles. The highest BCUT2D eigenvalue weighted by Crippen LogP contribution is 2.37. The zero-order valence-electron chi connectivity index (χ0n) is 15.1. The second-order valence-corrected chi connectivity index (χ2v) is 7.97. The lowest BCUT2D eigenvalue weighted by Crippen LogP contribution is -2.46. The first-order chi connectivity index (χ1) is 13.2. The fourth-order valence-corrected chi connectivity index (χ4v) is 4.85. The lowest BCUT2D eigenvalue weighted by molar-refractivity contribution is -0.145. The van der Waals surface area contributed by atoms with E-state index in [0.717, 1.165) is 31.4 Å². The van der Waals surface area contributed by atoms with E-state index in [1.54, 1.807) is 11.3 Å². The van der Waals surface area contributed by atoms with Gasteiger partial charge < -0.3 is 5.11 Å². The van der Waals surface area contributed by atoms with Gasteiger partial charge in [-0.2, -0.15) is 0 Å². The third kappa shape index (κ3) is 3.82. The Morgan fingerprint density at radius 3 is 2.37 bits per heavy atom. The molecule has 1 aromatic heterocycles. The summed E-state index contributed by atoms with van der Waals surface area (Å²) in [6, 6.07) is 22.7. The molecule has 0 amide bonds. The summed E-state index contributed by atoms with van der Waals surface area (Å²) in [5.74, 6) is -0.711. The van der Waals surface area contributed by atoms with E-state index in [2.05, 4.69) is 52.7 Å². The predicted molar refractivity (Wildman–Crippen MR) is 110 cm³/mol. The molecule has 0 saturated carbocycles. The molecule has 4 rings (SSSR count). The average molecular weight is 378 g/mol. The highest BCUT2D eigenvalue weighted by molar-refractivity contribution is 7.10. The number of benzene rings is 2. The topological polar surface area (TPSA) is 40.5 Å². The van der Waals surface area contributed by atoms with Crippen LogP contribution in [0.1, 0.15) is 35.7 Å². The Bertz CT molecular complexity index is 875. The van der Waals surface area contributed by atoms with Gasteiger partial charge >= 0.3 is 5.97 Å². The largest absolute Gasteiger partial charge is 0.480 e. The average Bonchev–Trinajstić information content (AvgIpc) is 3.24. The van der Waals surface area contributed by atoms with E-state index in [-0.39, 0.29) is 6.04 Å². The van der Waals surface area contributed by atoms with Crippen molar-refractivity contribution in [2.24, 2.45) is 0 Å². The number of hydrogen-bond acceptors (Lipinski definition) is 3. The maximum atomic E-state index is 11.9. The van der Waals surface area contributed by atoms with Crippen molar-refractivity contribution in [3.05, 3.63) is 82.6 Å². The zero-order chi connectivity index (χ0) is 18.6. The van der Waals surface area contributed by atoms with E-state index < -0.39 is 12.0 Å². The lowest BCUT2D eigenvalue weighted by atomic mass is 9.94. The van der Waals surface area contributed by atoms with Crippen molar-refractivity contribution in [1.29, 1.82) is 0 Å². The molecule has 1 aliphatic rings. The summed E-state index contributed by atoms with van der Waals surface area (Å²) in [6.07, 6.45) is 2.75. The highest BCUT2D eigenvalue weighted by Gasteiger charge is 2.35. The van der Waals surface area contributed by atoms with Gasteiger partial charge in [-0.1, -0.05) is 67.1 Å². The number of nitrogens with zero attached hydrogens (tertiary/aromatic N) is 1. The van der Waals surface area contributed by atoms with Gasteiger partial charge in [0.15, 0.2) is 0 Å². The first-order valence-electron chi connectivity index (χ1n) is 9.41. The number of piperidine rings is 1. The van der Waals surface area contributed by atoms with Gasteiger partial charge in [0.25, 0.3) is 0 Å². The van der Waals surface area contributed by atoms with Crippen molar-refractivity contribution < 1.29 is 9.90 Å². The first-order valence-corrected chi connectivity index (χ1v) is 10.3. The van der Waals surface area contributed by atoms with Crippen LogP contribution in [0.2, 0.25) is 0 Å². The van der Waals surface area contributed by atoms with Crippen LogP contribution in [0.5, 0.6) is 0 Å². The van der Waals surface area contributed by atoms with Crippen LogP contribution in [0.15, 0.2) is 72.1 Å². The number of carbonyl (C=O) groups is 1. The zero-order valence-corrected chi connectivity index (χ0v) is 15.9. The highest BCUT2D eigenvalue weighted by atomic mass is 32.1. The summed E-state index contributed by atoms with van der Waals surface area (Å²) in [4.78, 5) is 15.3. The molecule has 1 aliphatic heterocycles. The Balaban J connectivity index is 1.70. The minimum atomic E-state index is -0.711. The van der Waals surface area contributed by atoms with Crippen LogP contribution in [-0.4, -0.2) is 28.6 Å². The molecule has 4 heteroatoms. The Morgan fingerprint density at radius 2 is 1.70 bits per heavy atom. The number of likely N-dealkylation sites (tertiary alicyclic amines) is 1. The third-order valence-corrected chi connectivity index (χ3v) is 6.23. The quantitative estimate of drug-likeness (QED) is 0.643. The Labute approximate surface area is 163 Å². The van der Waals surface area contributed by atoms with E-state index in [9.17, 15) is 9.90 Å². The van der Waals surface area contributed by atoms with Crippen LogP contribution in [0.3, 0.4) is 0 Å². The van der Waals surface area contributed by atoms with Crippen LogP contribution < -0.4 is 0 Å². The van der Waals surface area contributed by atoms with Crippen molar-refractivity contribution in [2.45, 2.75) is 31.3 Å². The molecule has 2 heterocycles. The lowest BCUT2D eigenvalue weighted by Gasteiger charge is -2.39. The maximum absolute atomic E-state index is 11.9. The summed E-state index contributed by atoms with van der Waals surface area (Å²) in [7, 11) is 0. The van der Waals surface area contributed by atoms with Gasteiger partial charge in [-0.25, -0.2) is 0 Å². The third-order valence-electron chi connectivity index (χ3n) is 5.31. The van der Waals surface area contributed by atoms with Gasteiger partial charge in [0.1, 0.15) is 6.04 Å². The molecule has 3 aromatic rings. The van der Waals surface area contributed by atoms with Crippen LogP contribution in [0.25, 0.3) is 11.1 Å². The molecule has 138 valence electrons. The first kappa shape index (κ1) is 18.0. The molecule has 27 heavy (non-hydrogen) atoms. The van der Waals surface area contributed by atoms with Crippen LogP contribution in [0, 0.1) is 0 Å². The molecule has 0 bridgehead atoms. The number of carboxylic acid groups (broad SMARTS) is 1. The van der Waals surface area contributed by atoms with E-state index in [1.165, 1.54) is 16.0 Å². The molecule has 1 N–H and O–H groups in total. The number of thiophene rings is 1. The summed E-state index contributed by atoms with van der Waals surface area (Å²) in [5.41, 5.74) is 3.53. The van der Waals surface area contributed by atoms with Gasteiger partial charge in [0.05, 0.1) is 6.04 Å². The van der Waals surface area contributed by atoms with Gasteiger partial charge in [-0.15, -0.1) is 11.3 Å². The fourth-order valence-electron chi connectivity index (χ4n) is 3.98. The molecule has 2 unspecified atom stereocenters. The van der Waals surface area contributed by atoms with E-state index in [1.807, 2.05) is 24.3 Å². The second kappa shape index (κ2) is 8.07. The van der Waals surface area contributed by atoms with Crippen LogP contribution >= 0.6 is 11.3 Å². The number of aliphatic carboxylic acids is 1. The monoisotopic (exact) mass is 377 g/mol. The predicted octanol–water partition coefficient (Wildman–Crippen LogP) is 5.44.